The Kier molecular flexibility index (Phi) is 18.6. The number of allylic oxidation sites excluding steroid dienone is 2. The average Bonchev–Trinajstić information content (AvgIpc) is 2.43. The fourth-order valence-electron chi connectivity index (χ4n) is 1.17. The summed E-state index contributed by atoms with van der Waals surface area (Å²) in [5.74, 6) is 0. The SMILES string of the molecule is BrCC/C=C\CCOCOCOCC/C=C\CCBr. The molecule has 0 spiro atoms. The first-order chi connectivity index (χ1) is 9.41. The van der Waals surface area contributed by atoms with Crippen LogP contribution in [0, 0.1) is 0 Å². The van der Waals surface area contributed by atoms with Crippen molar-refractivity contribution in [2.24, 2.45) is 0 Å². The van der Waals surface area contributed by atoms with E-state index in [0.29, 0.717) is 26.8 Å². The van der Waals surface area contributed by atoms with E-state index in [4.69, 9.17) is 14.2 Å². The molecule has 0 aliphatic heterocycles. The molecule has 0 bridgehead atoms. The Morgan fingerprint density at radius 3 is 1.42 bits per heavy atom. The highest BCUT2D eigenvalue weighted by atomic mass is 79.9. The minimum atomic E-state index is 0.297. The van der Waals surface area contributed by atoms with E-state index in [-0.39, 0.29) is 0 Å². The predicted molar refractivity (Wildman–Crippen MR) is 87.1 cm³/mol. The maximum atomic E-state index is 5.29. The molecule has 5 heteroatoms. The van der Waals surface area contributed by atoms with Gasteiger partial charge in [-0.3, -0.25) is 0 Å². The Morgan fingerprint density at radius 1 is 0.579 bits per heavy atom. The van der Waals surface area contributed by atoms with Gasteiger partial charge < -0.3 is 14.2 Å². The van der Waals surface area contributed by atoms with Gasteiger partial charge in [0.2, 0.25) is 0 Å². The maximum absolute atomic E-state index is 5.29. The Morgan fingerprint density at radius 2 is 1.00 bits per heavy atom. The molecule has 0 aliphatic rings. The van der Waals surface area contributed by atoms with E-state index in [1.165, 1.54) is 0 Å². The number of hydrogen-bond donors (Lipinski definition) is 0. The summed E-state index contributed by atoms with van der Waals surface area (Å²) in [5, 5.41) is 2.02. The molecule has 0 saturated carbocycles. The highest BCUT2D eigenvalue weighted by molar-refractivity contribution is 9.09. The van der Waals surface area contributed by atoms with Crippen molar-refractivity contribution in [3.05, 3.63) is 24.3 Å². The van der Waals surface area contributed by atoms with Gasteiger partial charge in [-0.15, -0.1) is 0 Å². The molecule has 0 rings (SSSR count). The normalized spacial score (nSPS) is 11.9. The molecule has 0 radical (unpaired) electrons. The molecule has 0 aromatic carbocycles. The van der Waals surface area contributed by atoms with Crippen LogP contribution in [0.1, 0.15) is 25.7 Å². The molecule has 0 N–H and O–H groups in total. The van der Waals surface area contributed by atoms with Crippen molar-refractivity contribution >= 4 is 31.9 Å². The second-order valence-electron chi connectivity index (χ2n) is 3.73. The first kappa shape index (κ1) is 19.3. The molecule has 0 saturated heterocycles. The van der Waals surface area contributed by atoms with Gasteiger partial charge in [-0.1, -0.05) is 56.2 Å². The second kappa shape index (κ2) is 18.3. The highest BCUT2D eigenvalue weighted by Crippen LogP contribution is 1.94. The molecular formula is C14H24Br2O3. The summed E-state index contributed by atoms with van der Waals surface area (Å²) in [7, 11) is 0. The van der Waals surface area contributed by atoms with Crippen molar-refractivity contribution in [1.29, 1.82) is 0 Å². The molecule has 0 aromatic rings. The van der Waals surface area contributed by atoms with Crippen LogP contribution in [0.4, 0.5) is 0 Å². The first-order valence-corrected chi connectivity index (χ1v) is 8.81. The van der Waals surface area contributed by atoms with Crippen molar-refractivity contribution < 1.29 is 14.2 Å². The standard InChI is InChI=1S/C14H24Br2O3/c15-9-5-1-3-7-11-17-13-19-14-18-12-8-4-2-6-10-16/h1-4H,5-14H2/b3-1-,4-2-. The van der Waals surface area contributed by atoms with Crippen LogP contribution in [0.5, 0.6) is 0 Å². The lowest BCUT2D eigenvalue weighted by atomic mass is 10.3. The minimum Gasteiger partial charge on any atom is -0.355 e. The van der Waals surface area contributed by atoms with Crippen molar-refractivity contribution in [3.63, 3.8) is 0 Å². The molecule has 0 unspecified atom stereocenters. The Hall–Kier alpha value is 0.320. The summed E-state index contributed by atoms with van der Waals surface area (Å²) in [6, 6.07) is 0. The third kappa shape index (κ3) is 18.3. The summed E-state index contributed by atoms with van der Waals surface area (Å²) in [5.41, 5.74) is 0. The lowest BCUT2D eigenvalue weighted by Gasteiger charge is -2.05. The Labute approximate surface area is 133 Å². The molecule has 3 nitrogen and oxygen atoms in total. The van der Waals surface area contributed by atoms with E-state index in [1.807, 2.05) is 0 Å². The zero-order chi connectivity index (χ0) is 14.0. The summed E-state index contributed by atoms with van der Waals surface area (Å²) in [6.45, 7) is 1.97. The molecule has 19 heavy (non-hydrogen) atoms. The van der Waals surface area contributed by atoms with E-state index < -0.39 is 0 Å². The van der Waals surface area contributed by atoms with Crippen LogP contribution < -0.4 is 0 Å². The molecular weight excluding hydrogens is 376 g/mol. The Bertz CT molecular complexity index is 199. The van der Waals surface area contributed by atoms with Gasteiger partial charge in [-0.2, -0.15) is 0 Å². The van der Waals surface area contributed by atoms with E-state index in [1.54, 1.807) is 0 Å². The zero-order valence-corrected chi connectivity index (χ0v) is 14.5. The van der Waals surface area contributed by atoms with Gasteiger partial charge in [0.1, 0.15) is 13.6 Å². The molecule has 0 amide bonds. The van der Waals surface area contributed by atoms with E-state index in [2.05, 4.69) is 56.2 Å². The fraction of sp³-hybridized carbons (Fsp3) is 0.714. The lowest BCUT2D eigenvalue weighted by Crippen LogP contribution is -2.05. The van der Waals surface area contributed by atoms with Crippen LogP contribution in [-0.2, 0) is 14.2 Å². The van der Waals surface area contributed by atoms with E-state index >= 15 is 0 Å². The predicted octanol–water partition coefficient (Wildman–Crippen LogP) is 4.41. The van der Waals surface area contributed by atoms with Crippen LogP contribution in [0.3, 0.4) is 0 Å². The quantitative estimate of drug-likeness (QED) is 0.187. The zero-order valence-electron chi connectivity index (χ0n) is 11.4. The van der Waals surface area contributed by atoms with Crippen LogP contribution in [0.2, 0.25) is 0 Å². The van der Waals surface area contributed by atoms with Gasteiger partial charge >= 0.3 is 0 Å². The lowest BCUT2D eigenvalue weighted by molar-refractivity contribution is -0.129. The van der Waals surface area contributed by atoms with Gasteiger partial charge in [-0.05, 0) is 25.7 Å². The van der Waals surface area contributed by atoms with Crippen LogP contribution >= 0.6 is 31.9 Å². The monoisotopic (exact) mass is 398 g/mol. The van der Waals surface area contributed by atoms with Crippen molar-refractivity contribution in [2.75, 3.05) is 37.5 Å². The van der Waals surface area contributed by atoms with Crippen molar-refractivity contribution in [2.45, 2.75) is 25.7 Å². The molecule has 0 aromatic heterocycles. The number of hydrogen-bond acceptors (Lipinski definition) is 3. The van der Waals surface area contributed by atoms with Crippen molar-refractivity contribution in [1.82, 2.24) is 0 Å². The maximum Gasteiger partial charge on any atom is 0.149 e. The first-order valence-electron chi connectivity index (χ1n) is 6.57. The van der Waals surface area contributed by atoms with Gasteiger partial charge in [-0.25, -0.2) is 0 Å². The molecule has 112 valence electrons. The van der Waals surface area contributed by atoms with E-state index in [9.17, 15) is 0 Å². The van der Waals surface area contributed by atoms with Gasteiger partial charge in [0.05, 0.1) is 13.2 Å². The van der Waals surface area contributed by atoms with Gasteiger partial charge in [0.25, 0.3) is 0 Å². The number of alkyl halides is 2. The number of rotatable bonds is 14. The smallest absolute Gasteiger partial charge is 0.149 e. The molecule has 0 fully saturated rings. The van der Waals surface area contributed by atoms with Gasteiger partial charge in [0.15, 0.2) is 0 Å². The summed E-state index contributed by atoms with van der Waals surface area (Å²) in [6.07, 6.45) is 12.5. The third-order valence-corrected chi connectivity index (χ3v) is 2.99. The topological polar surface area (TPSA) is 27.7 Å². The van der Waals surface area contributed by atoms with Gasteiger partial charge in [0, 0.05) is 10.7 Å². The number of halogens is 2. The summed E-state index contributed by atoms with van der Waals surface area (Å²) >= 11 is 6.74. The largest absolute Gasteiger partial charge is 0.355 e. The molecule has 0 aliphatic carbocycles. The minimum absolute atomic E-state index is 0.297. The Balaban J connectivity index is 3.02. The second-order valence-corrected chi connectivity index (χ2v) is 5.32. The summed E-state index contributed by atoms with van der Waals surface area (Å²) < 4.78 is 15.8. The van der Waals surface area contributed by atoms with Crippen LogP contribution in [-0.4, -0.2) is 37.5 Å². The van der Waals surface area contributed by atoms with Crippen LogP contribution in [0.15, 0.2) is 24.3 Å². The van der Waals surface area contributed by atoms with E-state index in [0.717, 1.165) is 36.3 Å². The average molecular weight is 400 g/mol. The number of ether oxygens (including phenoxy) is 3. The summed E-state index contributed by atoms with van der Waals surface area (Å²) in [4.78, 5) is 0. The molecule has 0 atom stereocenters. The fourth-order valence-corrected chi connectivity index (χ4v) is 1.70. The van der Waals surface area contributed by atoms with Crippen molar-refractivity contribution in [3.8, 4) is 0 Å². The van der Waals surface area contributed by atoms with Crippen LogP contribution in [0.25, 0.3) is 0 Å². The highest BCUT2D eigenvalue weighted by Gasteiger charge is 1.88. The molecule has 0 heterocycles. The third-order valence-electron chi connectivity index (χ3n) is 2.08.